The van der Waals surface area contributed by atoms with Crippen LogP contribution in [0.25, 0.3) is 0 Å². The maximum Gasteiger partial charge on any atom is 0.247 e. The fourth-order valence-corrected chi connectivity index (χ4v) is 4.88. The van der Waals surface area contributed by atoms with Gasteiger partial charge in [0.2, 0.25) is 17.7 Å². The zero-order valence-corrected chi connectivity index (χ0v) is 17.7. The van der Waals surface area contributed by atoms with E-state index in [0.29, 0.717) is 19.6 Å². The molecular formula is C23H25N3O3S. The molecule has 2 atom stereocenters. The standard InChI is InChI=1S/C23H25N3O3S/c1-15-8-10-16(11-9-15)13-24-21(27)17-5-4-12-26(14-17)23(29)20-22(28)25-18-6-2-3-7-19(18)30-20/h2-3,6-11,17,20H,4-5,12-14H2,1H3,(H,24,27)(H,25,28)/t17-,20+/m0/s1. The molecule has 0 unspecified atom stereocenters. The summed E-state index contributed by atoms with van der Waals surface area (Å²) >= 11 is 1.28. The molecule has 2 heterocycles. The van der Waals surface area contributed by atoms with Gasteiger partial charge in [-0.05, 0) is 37.5 Å². The van der Waals surface area contributed by atoms with Gasteiger partial charge < -0.3 is 15.5 Å². The lowest BCUT2D eigenvalue weighted by Gasteiger charge is -2.35. The summed E-state index contributed by atoms with van der Waals surface area (Å²) in [5.74, 6) is -0.811. The van der Waals surface area contributed by atoms with Crippen LogP contribution in [0.5, 0.6) is 0 Å². The Morgan fingerprint density at radius 3 is 2.73 bits per heavy atom. The third-order valence-corrected chi connectivity index (χ3v) is 6.80. The molecule has 4 rings (SSSR count). The lowest BCUT2D eigenvalue weighted by Crippen LogP contribution is -2.50. The average molecular weight is 424 g/mol. The van der Waals surface area contributed by atoms with E-state index >= 15 is 0 Å². The van der Waals surface area contributed by atoms with Gasteiger partial charge in [0.1, 0.15) is 0 Å². The Labute approximate surface area is 180 Å². The molecule has 2 aromatic rings. The number of piperidine rings is 1. The molecule has 30 heavy (non-hydrogen) atoms. The number of rotatable bonds is 4. The van der Waals surface area contributed by atoms with Gasteiger partial charge in [-0.25, -0.2) is 0 Å². The Balaban J connectivity index is 1.36. The molecular weight excluding hydrogens is 398 g/mol. The van der Waals surface area contributed by atoms with E-state index < -0.39 is 5.25 Å². The molecule has 1 saturated heterocycles. The molecule has 2 aliphatic heterocycles. The van der Waals surface area contributed by atoms with E-state index in [1.165, 1.54) is 17.3 Å². The number of hydrogen-bond donors (Lipinski definition) is 2. The number of anilines is 1. The third-order valence-electron chi connectivity index (χ3n) is 5.54. The molecule has 3 amide bonds. The average Bonchev–Trinajstić information content (AvgIpc) is 2.77. The lowest BCUT2D eigenvalue weighted by molar-refractivity contribution is -0.137. The minimum Gasteiger partial charge on any atom is -0.352 e. The van der Waals surface area contributed by atoms with E-state index in [-0.39, 0.29) is 23.6 Å². The van der Waals surface area contributed by atoms with E-state index in [9.17, 15) is 14.4 Å². The fraction of sp³-hybridized carbons (Fsp3) is 0.348. The largest absolute Gasteiger partial charge is 0.352 e. The van der Waals surface area contributed by atoms with Gasteiger partial charge in [-0.1, -0.05) is 42.0 Å². The molecule has 0 spiro atoms. The fourth-order valence-electron chi connectivity index (χ4n) is 3.81. The number of nitrogens with zero attached hydrogens (tertiary/aromatic N) is 1. The number of likely N-dealkylation sites (tertiary alicyclic amines) is 1. The van der Waals surface area contributed by atoms with Crippen LogP contribution >= 0.6 is 11.8 Å². The molecule has 0 saturated carbocycles. The minimum absolute atomic E-state index is 0.0424. The summed E-state index contributed by atoms with van der Waals surface area (Å²) in [5, 5.41) is 5.00. The predicted octanol–water partition coefficient (Wildman–Crippen LogP) is 2.96. The van der Waals surface area contributed by atoms with Gasteiger partial charge in [0, 0.05) is 24.5 Å². The molecule has 0 aromatic heterocycles. The first-order valence-corrected chi connectivity index (χ1v) is 11.1. The number of amides is 3. The van der Waals surface area contributed by atoms with E-state index in [1.54, 1.807) is 4.90 Å². The van der Waals surface area contributed by atoms with Crippen LogP contribution < -0.4 is 10.6 Å². The molecule has 2 N–H and O–H groups in total. The zero-order chi connectivity index (χ0) is 21.1. The molecule has 6 nitrogen and oxygen atoms in total. The number of aryl methyl sites for hydroxylation is 1. The van der Waals surface area contributed by atoms with Crippen molar-refractivity contribution in [2.75, 3.05) is 18.4 Å². The highest BCUT2D eigenvalue weighted by molar-refractivity contribution is 8.01. The zero-order valence-electron chi connectivity index (χ0n) is 16.9. The number of hydrogen-bond acceptors (Lipinski definition) is 4. The van der Waals surface area contributed by atoms with Crippen LogP contribution in [-0.2, 0) is 20.9 Å². The topological polar surface area (TPSA) is 78.5 Å². The molecule has 0 bridgehead atoms. The van der Waals surface area contributed by atoms with Gasteiger partial charge in [0.15, 0.2) is 5.25 Å². The smallest absolute Gasteiger partial charge is 0.247 e. The van der Waals surface area contributed by atoms with Crippen molar-refractivity contribution < 1.29 is 14.4 Å². The Hall–Kier alpha value is -2.80. The first-order chi connectivity index (χ1) is 14.5. The van der Waals surface area contributed by atoms with Crippen LogP contribution in [0.4, 0.5) is 5.69 Å². The first kappa shape index (κ1) is 20.5. The molecule has 7 heteroatoms. The quantitative estimate of drug-likeness (QED) is 0.741. The summed E-state index contributed by atoms with van der Waals surface area (Å²) in [4.78, 5) is 40.8. The van der Waals surface area contributed by atoms with Gasteiger partial charge >= 0.3 is 0 Å². The first-order valence-electron chi connectivity index (χ1n) is 10.2. The van der Waals surface area contributed by atoms with Crippen molar-refractivity contribution in [3.63, 3.8) is 0 Å². The normalized spacial score (nSPS) is 20.8. The summed E-state index contributed by atoms with van der Waals surface area (Å²) in [6.07, 6.45) is 1.50. The SMILES string of the molecule is Cc1ccc(CNC(=O)[C@H]2CCCN(C(=O)[C@@H]3Sc4ccccc4NC3=O)C2)cc1. The van der Waals surface area contributed by atoms with Crippen molar-refractivity contribution in [2.24, 2.45) is 5.92 Å². The van der Waals surface area contributed by atoms with Crippen molar-refractivity contribution in [2.45, 2.75) is 36.5 Å². The summed E-state index contributed by atoms with van der Waals surface area (Å²) in [5.41, 5.74) is 2.97. The highest BCUT2D eigenvalue weighted by atomic mass is 32.2. The lowest BCUT2D eigenvalue weighted by atomic mass is 9.96. The number of nitrogens with one attached hydrogen (secondary N) is 2. The molecule has 156 valence electrons. The molecule has 2 aromatic carbocycles. The number of fused-ring (bicyclic) bond motifs is 1. The Kier molecular flexibility index (Phi) is 6.08. The number of benzene rings is 2. The Bertz CT molecular complexity index is 960. The van der Waals surface area contributed by atoms with E-state index in [2.05, 4.69) is 10.6 Å². The molecule has 0 radical (unpaired) electrons. The van der Waals surface area contributed by atoms with Gasteiger partial charge in [-0.15, -0.1) is 11.8 Å². The summed E-state index contributed by atoms with van der Waals surface area (Å²) < 4.78 is 0. The van der Waals surface area contributed by atoms with Gasteiger partial charge in [0.05, 0.1) is 11.6 Å². The van der Waals surface area contributed by atoms with Gasteiger partial charge in [-0.2, -0.15) is 0 Å². The van der Waals surface area contributed by atoms with Gasteiger partial charge in [-0.3, -0.25) is 14.4 Å². The molecule has 0 aliphatic carbocycles. The van der Waals surface area contributed by atoms with E-state index in [0.717, 1.165) is 29.0 Å². The Morgan fingerprint density at radius 1 is 1.17 bits per heavy atom. The van der Waals surface area contributed by atoms with Crippen LogP contribution in [0.2, 0.25) is 0 Å². The monoisotopic (exact) mass is 423 g/mol. The number of carbonyl (C=O) groups excluding carboxylic acids is 3. The van der Waals surface area contributed by atoms with Crippen molar-refractivity contribution >= 4 is 35.2 Å². The van der Waals surface area contributed by atoms with Crippen LogP contribution in [0, 0.1) is 12.8 Å². The van der Waals surface area contributed by atoms with Crippen molar-refractivity contribution in [3.8, 4) is 0 Å². The maximum atomic E-state index is 13.1. The van der Waals surface area contributed by atoms with Crippen molar-refractivity contribution in [3.05, 3.63) is 59.7 Å². The van der Waals surface area contributed by atoms with Crippen LogP contribution in [0.1, 0.15) is 24.0 Å². The number of thioether (sulfide) groups is 1. The second-order valence-electron chi connectivity index (χ2n) is 7.81. The maximum absolute atomic E-state index is 13.1. The Morgan fingerprint density at radius 2 is 1.93 bits per heavy atom. The van der Waals surface area contributed by atoms with Crippen molar-refractivity contribution in [1.29, 1.82) is 0 Å². The number of carbonyl (C=O) groups is 3. The van der Waals surface area contributed by atoms with Crippen molar-refractivity contribution in [1.82, 2.24) is 10.2 Å². The van der Waals surface area contributed by atoms with Gasteiger partial charge in [0.25, 0.3) is 0 Å². The molecule has 2 aliphatic rings. The van der Waals surface area contributed by atoms with Crippen LogP contribution in [-0.4, -0.2) is 41.0 Å². The number of para-hydroxylation sites is 1. The van der Waals surface area contributed by atoms with E-state index in [1.807, 2.05) is 55.5 Å². The third kappa shape index (κ3) is 4.51. The summed E-state index contributed by atoms with van der Waals surface area (Å²) in [6, 6.07) is 15.5. The summed E-state index contributed by atoms with van der Waals surface area (Å²) in [6.45, 7) is 3.43. The molecule has 1 fully saturated rings. The summed E-state index contributed by atoms with van der Waals surface area (Å²) in [7, 11) is 0. The van der Waals surface area contributed by atoms with E-state index in [4.69, 9.17) is 0 Å². The van der Waals surface area contributed by atoms with Crippen LogP contribution in [0.15, 0.2) is 53.4 Å². The minimum atomic E-state index is -0.811. The highest BCUT2D eigenvalue weighted by Gasteiger charge is 2.38. The predicted molar refractivity (Wildman–Crippen MR) is 117 cm³/mol. The highest BCUT2D eigenvalue weighted by Crippen LogP contribution is 2.36. The van der Waals surface area contributed by atoms with Crippen LogP contribution in [0.3, 0.4) is 0 Å². The second-order valence-corrected chi connectivity index (χ2v) is 8.96. The second kappa shape index (κ2) is 8.92.